The number of amides is 4. The Morgan fingerprint density at radius 3 is 2.20 bits per heavy atom. The summed E-state index contributed by atoms with van der Waals surface area (Å²) in [5.41, 5.74) is -2.87. The summed E-state index contributed by atoms with van der Waals surface area (Å²) in [7, 11) is -3.91. The molecular formula is C29H46N4O7S. The lowest BCUT2D eigenvalue weighted by atomic mass is 9.85. The fourth-order valence-corrected chi connectivity index (χ4v) is 7.51. The molecule has 0 aromatic carbocycles. The number of nitrogens with zero attached hydrogens (tertiary/aromatic N) is 1. The smallest absolute Gasteiger partial charge is 0.408 e. The van der Waals surface area contributed by atoms with Crippen molar-refractivity contribution in [2.24, 2.45) is 17.3 Å². The molecule has 0 spiro atoms. The standard InChI is InChI=1S/C29H46N4O7S/c1-8-19-17-29(19,24(36)32-41(38,39)28(13-14-28)16-18-11-12-18)31-22(34)20-10-9-15-33(20)23(35)21(26(2,3)4)30-25(37)40-27(5,6)7/h8,18-21H,1,9-17H2,2-7H3,(H,30,37)(H,31,34)(H,32,36)/t19?,20-,21?,29?/m0/s1. The highest BCUT2D eigenvalue weighted by Crippen LogP contribution is 2.53. The van der Waals surface area contributed by atoms with Crippen LogP contribution in [0.4, 0.5) is 4.79 Å². The molecule has 1 heterocycles. The van der Waals surface area contributed by atoms with Gasteiger partial charge in [-0.1, -0.05) is 39.7 Å². The second-order valence-corrected chi connectivity index (χ2v) is 16.5. The van der Waals surface area contributed by atoms with E-state index in [1.54, 1.807) is 26.8 Å². The van der Waals surface area contributed by atoms with Gasteiger partial charge in [0, 0.05) is 12.5 Å². The van der Waals surface area contributed by atoms with Gasteiger partial charge in [0.25, 0.3) is 5.91 Å². The average molecular weight is 595 g/mol. The topological polar surface area (TPSA) is 151 Å². The third kappa shape index (κ3) is 6.73. The van der Waals surface area contributed by atoms with Crippen LogP contribution < -0.4 is 15.4 Å². The van der Waals surface area contributed by atoms with Crippen molar-refractivity contribution in [1.29, 1.82) is 0 Å². The molecule has 0 bridgehead atoms. The van der Waals surface area contributed by atoms with E-state index in [9.17, 15) is 27.6 Å². The van der Waals surface area contributed by atoms with E-state index in [0.29, 0.717) is 44.6 Å². The molecule has 11 nitrogen and oxygen atoms in total. The molecule has 4 fully saturated rings. The Morgan fingerprint density at radius 1 is 1.07 bits per heavy atom. The van der Waals surface area contributed by atoms with Crippen LogP contribution in [0.2, 0.25) is 0 Å². The Bertz CT molecular complexity index is 1210. The molecule has 4 atom stereocenters. The largest absolute Gasteiger partial charge is 0.444 e. The molecule has 3 saturated carbocycles. The van der Waals surface area contributed by atoms with Crippen molar-refractivity contribution in [3.63, 3.8) is 0 Å². The molecule has 1 saturated heterocycles. The molecule has 4 rings (SSSR count). The maximum atomic E-state index is 13.7. The van der Waals surface area contributed by atoms with Gasteiger partial charge in [0.05, 0.1) is 4.75 Å². The molecule has 41 heavy (non-hydrogen) atoms. The maximum absolute atomic E-state index is 13.7. The van der Waals surface area contributed by atoms with Crippen LogP contribution in [0.1, 0.15) is 92.9 Å². The minimum Gasteiger partial charge on any atom is -0.444 e. The van der Waals surface area contributed by atoms with E-state index in [2.05, 4.69) is 21.9 Å². The summed E-state index contributed by atoms with van der Waals surface area (Å²) in [6.45, 7) is 14.7. The summed E-state index contributed by atoms with van der Waals surface area (Å²) in [6.07, 6.45) is 5.63. The fourth-order valence-electron chi connectivity index (χ4n) is 5.77. The van der Waals surface area contributed by atoms with E-state index >= 15 is 0 Å². The van der Waals surface area contributed by atoms with Gasteiger partial charge in [0.15, 0.2) is 0 Å². The van der Waals surface area contributed by atoms with Gasteiger partial charge in [0.2, 0.25) is 21.8 Å². The van der Waals surface area contributed by atoms with Crippen LogP contribution in [0.5, 0.6) is 0 Å². The van der Waals surface area contributed by atoms with Crippen molar-refractivity contribution in [3.05, 3.63) is 12.7 Å². The summed E-state index contributed by atoms with van der Waals surface area (Å²) >= 11 is 0. The highest BCUT2D eigenvalue weighted by atomic mass is 32.2. The molecule has 0 aromatic heterocycles. The molecular weight excluding hydrogens is 548 g/mol. The van der Waals surface area contributed by atoms with E-state index in [1.807, 2.05) is 20.8 Å². The first-order valence-electron chi connectivity index (χ1n) is 14.7. The van der Waals surface area contributed by atoms with Crippen molar-refractivity contribution in [2.45, 2.75) is 121 Å². The second-order valence-electron chi connectivity index (χ2n) is 14.4. The van der Waals surface area contributed by atoms with Crippen molar-refractivity contribution in [2.75, 3.05) is 6.54 Å². The minimum absolute atomic E-state index is 0.227. The van der Waals surface area contributed by atoms with Gasteiger partial charge >= 0.3 is 6.09 Å². The number of rotatable bonds is 10. The first-order valence-corrected chi connectivity index (χ1v) is 16.1. The molecule has 12 heteroatoms. The highest BCUT2D eigenvalue weighted by molar-refractivity contribution is 7.91. The Labute approximate surface area is 243 Å². The second kappa shape index (κ2) is 10.6. The normalized spacial score (nSPS) is 27.8. The number of likely N-dealkylation sites (tertiary alicyclic amines) is 1. The summed E-state index contributed by atoms with van der Waals surface area (Å²) in [6, 6.07) is -1.83. The molecule has 3 aliphatic carbocycles. The Hall–Kier alpha value is -2.63. The molecule has 1 aliphatic heterocycles. The summed E-state index contributed by atoms with van der Waals surface area (Å²) < 4.78 is 33.2. The zero-order valence-corrected chi connectivity index (χ0v) is 26.0. The number of carbonyl (C=O) groups excluding carboxylic acids is 4. The average Bonchev–Trinajstić information content (AvgIpc) is 3.78. The molecule has 230 valence electrons. The van der Waals surface area contributed by atoms with Gasteiger partial charge in [-0.05, 0) is 70.6 Å². The molecule has 4 amide bonds. The highest BCUT2D eigenvalue weighted by Gasteiger charge is 2.64. The molecule has 3 N–H and O–H groups in total. The number of carbonyl (C=O) groups is 4. The number of hydrogen-bond donors (Lipinski definition) is 3. The number of hydrogen-bond acceptors (Lipinski definition) is 7. The van der Waals surface area contributed by atoms with E-state index in [0.717, 1.165) is 12.8 Å². The third-order valence-corrected chi connectivity index (χ3v) is 10.8. The van der Waals surface area contributed by atoms with E-state index in [4.69, 9.17) is 4.74 Å². The first-order chi connectivity index (χ1) is 18.8. The predicted molar refractivity (Wildman–Crippen MR) is 153 cm³/mol. The van der Waals surface area contributed by atoms with Crippen LogP contribution in [0.15, 0.2) is 12.7 Å². The Kier molecular flexibility index (Phi) is 8.08. The molecule has 4 aliphatic rings. The van der Waals surface area contributed by atoms with Gasteiger partial charge in [-0.2, -0.15) is 0 Å². The summed E-state index contributed by atoms with van der Waals surface area (Å²) in [4.78, 5) is 54.8. The Balaban J connectivity index is 1.46. The zero-order chi connectivity index (χ0) is 30.6. The van der Waals surface area contributed by atoms with Crippen LogP contribution in [0.25, 0.3) is 0 Å². The minimum atomic E-state index is -3.91. The Morgan fingerprint density at radius 2 is 1.71 bits per heavy atom. The van der Waals surface area contributed by atoms with Gasteiger partial charge < -0.3 is 20.3 Å². The van der Waals surface area contributed by atoms with Crippen LogP contribution in [-0.4, -0.2) is 71.6 Å². The van der Waals surface area contributed by atoms with Gasteiger partial charge in [-0.3, -0.25) is 19.1 Å². The lowest BCUT2D eigenvalue weighted by Gasteiger charge is -2.36. The van der Waals surface area contributed by atoms with Crippen LogP contribution >= 0.6 is 0 Å². The van der Waals surface area contributed by atoms with Crippen LogP contribution in [0, 0.1) is 17.3 Å². The quantitative estimate of drug-likeness (QED) is 0.329. The predicted octanol–water partition coefficient (Wildman–Crippen LogP) is 2.76. The lowest BCUT2D eigenvalue weighted by molar-refractivity contribution is -0.142. The number of ether oxygens (including phenoxy) is 1. The van der Waals surface area contributed by atoms with Gasteiger partial charge in [0.1, 0.15) is 23.2 Å². The van der Waals surface area contributed by atoms with Crippen LogP contribution in [0.3, 0.4) is 0 Å². The number of alkyl carbamates (subject to hydrolysis) is 1. The first kappa shape index (κ1) is 31.3. The van der Waals surface area contributed by atoms with E-state index < -0.39 is 73.1 Å². The van der Waals surface area contributed by atoms with Crippen molar-refractivity contribution >= 4 is 33.8 Å². The SMILES string of the molecule is C=CC1CC1(NC(=O)[C@@H]1CCCN1C(=O)C(NC(=O)OC(C)(C)C)C(C)(C)C)C(=O)NS(=O)(=O)C1(CC2CC2)CC1. The monoisotopic (exact) mass is 594 g/mol. The zero-order valence-electron chi connectivity index (χ0n) is 25.2. The fraction of sp³-hybridized carbons (Fsp3) is 0.793. The van der Waals surface area contributed by atoms with E-state index in [-0.39, 0.29) is 6.42 Å². The molecule has 0 aromatic rings. The lowest BCUT2D eigenvalue weighted by Crippen LogP contribution is -2.60. The third-order valence-electron chi connectivity index (χ3n) is 8.63. The molecule has 3 unspecified atom stereocenters. The molecule has 0 radical (unpaired) electrons. The number of nitrogens with one attached hydrogen (secondary N) is 3. The maximum Gasteiger partial charge on any atom is 0.408 e. The van der Waals surface area contributed by atoms with Gasteiger partial charge in [-0.25, -0.2) is 13.2 Å². The summed E-state index contributed by atoms with van der Waals surface area (Å²) in [5, 5.41) is 5.48. The van der Waals surface area contributed by atoms with E-state index in [1.165, 1.54) is 4.90 Å². The van der Waals surface area contributed by atoms with Crippen molar-refractivity contribution in [1.82, 2.24) is 20.3 Å². The number of sulfonamides is 1. The summed E-state index contributed by atoms with van der Waals surface area (Å²) in [5.74, 6) is -1.74. The van der Waals surface area contributed by atoms with Crippen molar-refractivity contribution in [3.8, 4) is 0 Å². The van der Waals surface area contributed by atoms with Crippen LogP contribution in [-0.2, 0) is 29.1 Å². The van der Waals surface area contributed by atoms with Crippen molar-refractivity contribution < 1.29 is 32.3 Å². The van der Waals surface area contributed by atoms with Gasteiger partial charge in [-0.15, -0.1) is 6.58 Å².